The van der Waals surface area contributed by atoms with E-state index in [1.165, 1.54) is 7.11 Å². The standard InChI is InChI=1S/C7H6BrF2NO2/c1-13-4-2-3(6(9)10)7(12)11-5(4)8/h2,6H,1H3,(H,11,12). The number of rotatable bonds is 2. The predicted molar refractivity (Wildman–Crippen MR) is 46.3 cm³/mol. The van der Waals surface area contributed by atoms with Crippen molar-refractivity contribution in [3.8, 4) is 5.75 Å². The Labute approximate surface area is 80.9 Å². The molecule has 0 aliphatic rings. The van der Waals surface area contributed by atoms with Crippen LogP contribution in [0.1, 0.15) is 12.0 Å². The minimum Gasteiger partial charge on any atom is -0.494 e. The first-order valence-electron chi connectivity index (χ1n) is 3.31. The number of hydrogen-bond acceptors (Lipinski definition) is 2. The Morgan fingerprint density at radius 2 is 2.23 bits per heavy atom. The highest BCUT2D eigenvalue weighted by molar-refractivity contribution is 9.10. The van der Waals surface area contributed by atoms with Gasteiger partial charge in [-0.25, -0.2) is 8.78 Å². The van der Waals surface area contributed by atoms with E-state index >= 15 is 0 Å². The SMILES string of the molecule is COc1cc(C(F)F)c(=O)[nH]c1Br. The zero-order valence-corrected chi connectivity index (χ0v) is 8.19. The zero-order chi connectivity index (χ0) is 10.0. The Hall–Kier alpha value is -0.910. The molecule has 1 N–H and O–H groups in total. The highest BCUT2D eigenvalue weighted by atomic mass is 79.9. The lowest BCUT2D eigenvalue weighted by Gasteiger charge is -2.04. The summed E-state index contributed by atoms with van der Waals surface area (Å²) in [6, 6.07) is 1.01. The van der Waals surface area contributed by atoms with Crippen LogP contribution in [0.5, 0.6) is 5.75 Å². The van der Waals surface area contributed by atoms with E-state index in [0.29, 0.717) is 0 Å². The first-order chi connectivity index (χ1) is 6.06. The lowest BCUT2D eigenvalue weighted by Crippen LogP contribution is -2.13. The number of nitrogens with one attached hydrogen (secondary N) is 1. The van der Waals surface area contributed by atoms with Crippen LogP contribution in [0.3, 0.4) is 0 Å². The van der Waals surface area contributed by atoms with Gasteiger partial charge >= 0.3 is 0 Å². The molecular formula is C7H6BrF2NO2. The van der Waals surface area contributed by atoms with Gasteiger partial charge in [0.2, 0.25) is 0 Å². The fourth-order valence-electron chi connectivity index (χ4n) is 0.814. The molecule has 1 aromatic rings. The summed E-state index contributed by atoms with van der Waals surface area (Å²) < 4.78 is 29.4. The summed E-state index contributed by atoms with van der Waals surface area (Å²) in [6.45, 7) is 0. The number of halogens is 3. The summed E-state index contributed by atoms with van der Waals surface area (Å²) in [7, 11) is 1.33. The van der Waals surface area contributed by atoms with Crippen LogP contribution in [0.25, 0.3) is 0 Å². The van der Waals surface area contributed by atoms with Crippen molar-refractivity contribution >= 4 is 15.9 Å². The molecule has 0 amide bonds. The van der Waals surface area contributed by atoms with Gasteiger partial charge in [-0.05, 0) is 22.0 Å². The van der Waals surface area contributed by atoms with E-state index in [0.717, 1.165) is 6.07 Å². The van der Waals surface area contributed by atoms with Gasteiger partial charge in [0.05, 0.1) is 12.7 Å². The number of methoxy groups -OCH3 is 1. The lowest BCUT2D eigenvalue weighted by molar-refractivity contribution is 0.149. The van der Waals surface area contributed by atoms with Crippen LogP contribution < -0.4 is 10.3 Å². The highest BCUT2D eigenvalue weighted by Gasteiger charge is 2.15. The third kappa shape index (κ3) is 2.06. The molecule has 0 saturated carbocycles. The van der Waals surface area contributed by atoms with Crippen molar-refractivity contribution in [3.05, 3.63) is 26.6 Å². The molecule has 0 aliphatic carbocycles. The van der Waals surface area contributed by atoms with Gasteiger partial charge in [0, 0.05) is 0 Å². The van der Waals surface area contributed by atoms with Crippen LogP contribution in [0.2, 0.25) is 0 Å². The molecule has 0 aromatic carbocycles. The molecule has 0 fully saturated rings. The summed E-state index contributed by atoms with van der Waals surface area (Å²) in [5.74, 6) is 0.176. The van der Waals surface area contributed by atoms with E-state index in [4.69, 9.17) is 4.74 Å². The van der Waals surface area contributed by atoms with Crippen LogP contribution in [-0.2, 0) is 0 Å². The van der Waals surface area contributed by atoms with Crippen molar-refractivity contribution in [2.75, 3.05) is 7.11 Å². The van der Waals surface area contributed by atoms with Crippen LogP contribution in [0.15, 0.2) is 15.5 Å². The van der Waals surface area contributed by atoms with E-state index < -0.39 is 17.5 Å². The minimum absolute atomic E-state index is 0.176. The van der Waals surface area contributed by atoms with E-state index in [1.807, 2.05) is 0 Å². The molecule has 0 bridgehead atoms. The van der Waals surface area contributed by atoms with Gasteiger partial charge in [-0.1, -0.05) is 0 Å². The summed E-state index contributed by atoms with van der Waals surface area (Å²) in [5, 5.41) is 0. The van der Waals surface area contributed by atoms with E-state index in [-0.39, 0.29) is 10.4 Å². The van der Waals surface area contributed by atoms with Gasteiger partial charge in [-0.15, -0.1) is 0 Å². The lowest BCUT2D eigenvalue weighted by atomic mass is 10.3. The van der Waals surface area contributed by atoms with Crippen LogP contribution in [-0.4, -0.2) is 12.1 Å². The van der Waals surface area contributed by atoms with E-state index in [9.17, 15) is 13.6 Å². The van der Waals surface area contributed by atoms with Crippen molar-refractivity contribution in [2.45, 2.75) is 6.43 Å². The second-order valence-corrected chi connectivity index (χ2v) is 3.03. The molecule has 0 atom stereocenters. The maximum Gasteiger partial charge on any atom is 0.269 e. The number of aromatic amines is 1. The molecule has 6 heteroatoms. The zero-order valence-electron chi connectivity index (χ0n) is 6.61. The molecule has 0 radical (unpaired) electrons. The molecule has 13 heavy (non-hydrogen) atoms. The summed E-state index contributed by atoms with van der Waals surface area (Å²) in [6.07, 6.45) is -2.80. The Balaban J connectivity index is 3.31. The number of alkyl halides is 2. The second-order valence-electron chi connectivity index (χ2n) is 2.24. The third-order valence-corrected chi connectivity index (χ3v) is 2.03. The van der Waals surface area contributed by atoms with Crippen molar-refractivity contribution in [1.82, 2.24) is 4.98 Å². The summed E-state index contributed by atoms with van der Waals surface area (Å²) >= 11 is 2.97. The Morgan fingerprint density at radius 1 is 1.62 bits per heavy atom. The smallest absolute Gasteiger partial charge is 0.269 e. The van der Waals surface area contributed by atoms with Gasteiger partial charge < -0.3 is 9.72 Å². The molecule has 0 spiro atoms. The van der Waals surface area contributed by atoms with Crippen molar-refractivity contribution in [1.29, 1.82) is 0 Å². The van der Waals surface area contributed by atoms with Crippen molar-refractivity contribution < 1.29 is 13.5 Å². The fraction of sp³-hybridized carbons (Fsp3) is 0.286. The Bertz CT molecular complexity index is 364. The molecule has 1 rings (SSSR count). The maximum absolute atomic E-state index is 12.2. The topological polar surface area (TPSA) is 42.1 Å². The van der Waals surface area contributed by atoms with Crippen LogP contribution in [0, 0.1) is 0 Å². The number of hydrogen-bond donors (Lipinski definition) is 1. The fourth-order valence-corrected chi connectivity index (χ4v) is 1.27. The Kier molecular flexibility index (Phi) is 3.02. The third-order valence-electron chi connectivity index (χ3n) is 1.44. The predicted octanol–water partition coefficient (Wildman–Crippen LogP) is 2.08. The van der Waals surface area contributed by atoms with Crippen molar-refractivity contribution in [3.63, 3.8) is 0 Å². The van der Waals surface area contributed by atoms with Gasteiger partial charge in [0.1, 0.15) is 10.4 Å². The Morgan fingerprint density at radius 3 is 2.69 bits per heavy atom. The number of ether oxygens (including phenoxy) is 1. The monoisotopic (exact) mass is 253 g/mol. The van der Waals surface area contributed by atoms with Gasteiger partial charge in [0.25, 0.3) is 12.0 Å². The normalized spacial score (nSPS) is 10.5. The average molecular weight is 254 g/mol. The second kappa shape index (κ2) is 3.87. The number of aromatic nitrogens is 1. The van der Waals surface area contributed by atoms with Gasteiger partial charge in [0.15, 0.2) is 0 Å². The molecular weight excluding hydrogens is 248 g/mol. The molecule has 0 aliphatic heterocycles. The van der Waals surface area contributed by atoms with Crippen LogP contribution >= 0.6 is 15.9 Å². The highest BCUT2D eigenvalue weighted by Crippen LogP contribution is 2.24. The minimum atomic E-state index is -2.80. The van der Waals surface area contributed by atoms with Crippen LogP contribution in [0.4, 0.5) is 8.78 Å². The van der Waals surface area contributed by atoms with Gasteiger partial charge in [-0.2, -0.15) is 0 Å². The first kappa shape index (κ1) is 10.2. The molecule has 1 aromatic heterocycles. The average Bonchev–Trinajstić information content (AvgIpc) is 2.03. The molecule has 3 nitrogen and oxygen atoms in total. The molecule has 0 saturated heterocycles. The van der Waals surface area contributed by atoms with E-state index in [2.05, 4.69) is 20.9 Å². The number of pyridine rings is 1. The molecule has 1 heterocycles. The maximum atomic E-state index is 12.2. The summed E-state index contributed by atoms with van der Waals surface area (Å²) in [5.41, 5.74) is -1.41. The first-order valence-corrected chi connectivity index (χ1v) is 4.10. The number of H-pyrrole nitrogens is 1. The summed E-state index contributed by atoms with van der Waals surface area (Å²) in [4.78, 5) is 13.1. The molecule has 0 unspecified atom stereocenters. The quantitative estimate of drug-likeness (QED) is 0.821. The molecule has 72 valence electrons. The van der Waals surface area contributed by atoms with Crippen molar-refractivity contribution in [2.24, 2.45) is 0 Å². The van der Waals surface area contributed by atoms with Gasteiger partial charge in [-0.3, -0.25) is 4.79 Å². The largest absolute Gasteiger partial charge is 0.494 e. The van der Waals surface area contributed by atoms with E-state index in [1.54, 1.807) is 0 Å².